The summed E-state index contributed by atoms with van der Waals surface area (Å²) in [4.78, 5) is 19.7. The predicted octanol–water partition coefficient (Wildman–Crippen LogP) is 4.25. The molecule has 25 heavy (non-hydrogen) atoms. The molecule has 1 aliphatic heterocycles. The number of aliphatic imine (C=N–C) groups is 1. The summed E-state index contributed by atoms with van der Waals surface area (Å²) in [6.45, 7) is 1.72. The molecule has 1 aromatic rings. The van der Waals surface area contributed by atoms with Crippen molar-refractivity contribution in [3.8, 4) is 0 Å². The minimum Gasteiger partial charge on any atom is -0.353 e. The Balaban J connectivity index is 1.74. The average Bonchev–Trinajstić information content (AvgIpc) is 2.84. The zero-order valence-electron chi connectivity index (χ0n) is 14.7. The lowest BCUT2D eigenvalue weighted by atomic mass is 10.1. The summed E-state index contributed by atoms with van der Waals surface area (Å²) in [6.07, 6.45) is 7.15. The van der Waals surface area contributed by atoms with Gasteiger partial charge in [0.05, 0.1) is 6.54 Å². The normalized spacial score (nSPS) is 20.1. The van der Waals surface area contributed by atoms with Gasteiger partial charge in [-0.15, -0.1) is 0 Å². The monoisotopic (exact) mass is 379 g/mol. The number of hydrogen-bond donors (Lipinski definition) is 1. The van der Waals surface area contributed by atoms with Crippen molar-refractivity contribution in [1.29, 1.82) is 0 Å². The molecule has 1 unspecified atom stereocenters. The average molecular weight is 380 g/mol. The number of rotatable bonds is 4. The van der Waals surface area contributed by atoms with Crippen molar-refractivity contribution in [1.82, 2.24) is 10.2 Å². The van der Waals surface area contributed by atoms with E-state index in [4.69, 9.17) is 11.6 Å². The molecule has 1 atom stereocenters. The van der Waals surface area contributed by atoms with E-state index in [9.17, 15) is 4.79 Å². The van der Waals surface area contributed by atoms with E-state index in [0.717, 1.165) is 36.7 Å². The lowest BCUT2D eigenvalue weighted by Crippen LogP contribution is -2.37. The fraction of sp³-hybridized carbons (Fsp3) is 0.579. The van der Waals surface area contributed by atoms with E-state index in [1.165, 1.54) is 25.7 Å². The van der Waals surface area contributed by atoms with E-state index in [2.05, 4.69) is 15.2 Å². The van der Waals surface area contributed by atoms with E-state index >= 15 is 0 Å². The molecule has 3 rings (SSSR count). The summed E-state index contributed by atoms with van der Waals surface area (Å²) in [5.41, 5.74) is 0.975. The van der Waals surface area contributed by atoms with E-state index in [-0.39, 0.29) is 11.2 Å². The maximum Gasteiger partial charge on any atom is 0.238 e. The number of nitrogens with one attached hydrogen (secondary N) is 1. The number of carbonyl (C=O) groups is 1. The molecule has 1 amide bonds. The molecule has 0 saturated heterocycles. The topological polar surface area (TPSA) is 44.7 Å². The molecular formula is C19H26ClN3OS. The quantitative estimate of drug-likeness (QED) is 0.795. The molecule has 1 saturated carbocycles. The second-order valence-corrected chi connectivity index (χ2v) is 8.34. The van der Waals surface area contributed by atoms with Gasteiger partial charge in [0, 0.05) is 24.7 Å². The summed E-state index contributed by atoms with van der Waals surface area (Å²) >= 11 is 7.57. The van der Waals surface area contributed by atoms with Crippen molar-refractivity contribution >= 4 is 34.4 Å². The number of carbonyl (C=O) groups excluding carboxylic acids is 1. The first-order valence-electron chi connectivity index (χ1n) is 9.11. The lowest BCUT2D eigenvalue weighted by molar-refractivity contribution is -0.121. The van der Waals surface area contributed by atoms with Crippen LogP contribution in [0.4, 0.5) is 0 Å². The van der Waals surface area contributed by atoms with Gasteiger partial charge in [-0.3, -0.25) is 9.79 Å². The number of amidine groups is 1. The third-order valence-corrected chi connectivity index (χ3v) is 6.47. The summed E-state index contributed by atoms with van der Waals surface area (Å²) < 4.78 is 0. The van der Waals surface area contributed by atoms with Crippen LogP contribution in [0.2, 0.25) is 5.02 Å². The van der Waals surface area contributed by atoms with Gasteiger partial charge >= 0.3 is 0 Å². The van der Waals surface area contributed by atoms with E-state index in [1.807, 2.05) is 31.3 Å². The summed E-state index contributed by atoms with van der Waals surface area (Å²) in [5, 5.41) is 4.63. The minimum atomic E-state index is -0.292. The van der Waals surface area contributed by atoms with Gasteiger partial charge in [-0.25, -0.2) is 0 Å². The Morgan fingerprint density at radius 2 is 1.92 bits per heavy atom. The highest BCUT2D eigenvalue weighted by atomic mass is 35.5. The Hall–Kier alpha value is -1.20. The maximum atomic E-state index is 13.1. The molecule has 0 aromatic heterocycles. The molecule has 1 aliphatic carbocycles. The maximum absolute atomic E-state index is 13.1. The molecule has 1 heterocycles. The van der Waals surface area contributed by atoms with Crippen LogP contribution < -0.4 is 5.32 Å². The zero-order chi connectivity index (χ0) is 17.6. The Labute approximate surface area is 159 Å². The van der Waals surface area contributed by atoms with Gasteiger partial charge in [0.25, 0.3) is 0 Å². The first kappa shape index (κ1) is 18.6. The van der Waals surface area contributed by atoms with Crippen molar-refractivity contribution in [2.24, 2.45) is 4.99 Å². The van der Waals surface area contributed by atoms with Crippen molar-refractivity contribution in [2.45, 2.75) is 49.8 Å². The smallest absolute Gasteiger partial charge is 0.238 e. The molecule has 6 heteroatoms. The Bertz CT molecular complexity index is 612. The second kappa shape index (κ2) is 8.95. The highest BCUT2D eigenvalue weighted by molar-refractivity contribution is 8.14. The molecule has 0 bridgehead atoms. The summed E-state index contributed by atoms with van der Waals surface area (Å²) in [5.74, 6) is 0.0854. The van der Waals surface area contributed by atoms with Crippen LogP contribution in [0, 0.1) is 0 Å². The number of likely N-dealkylation sites (N-methyl/N-ethyl adjacent to an activating group) is 1. The zero-order valence-corrected chi connectivity index (χ0v) is 16.3. The fourth-order valence-corrected chi connectivity index (χ4v) is 4.60. The second-order valence-electron chi connectivity index (χ2n) is 6.83. The summed E-state index contributed by atoms with van der Waals surface area (Å²) in [6, 6.07) is 7.89. The van der Waals surface area contributed by atoms with Crippen molar-refractivity contribution in [3.05, 3.63) is 34.9 Å². The highest BCUT2D eigenvalue weighted by Gasteiger charge is 2.28. The Kier molecular flexibility index (Phi) is 6.65. The van der Waals surface area contributed by atoms with E-state index in [0.29, 0.717) is 11.1 Å². The van der Waals surface area contributed by atoms with Crippen LogP contribution >= 0.6 is 23.4 Å². The molecule has 1 fully saturated rings. The fourth-order valence-electron chi connectivity index (χ4n) is 3.36. The first-order chi connectivity index (χ1) is 12.1. The lowest BCUT2D eigenvalue weighted by Gasteiger charge is -2.23. The van der Waals surface area contributed by atoms with Gasteiger partial charge in [0.15, 0.2) is 5.17 Å². The van der Waals surface area contributed by atoms with Crippen molar-refractivity contribution < 1.29 is 4.79 Å². The molecule has 136 valence electrons. The largest absolute Gasteiger partial charge is 0.353 e. The van der Waals surface area contributed by atoms with Crippen LogP contribution in [0.3, 0.4) is 0 Å². The first-order valence-corrected chi connectivity index (χ1v) is 10.4. The number of hydrogen-bond acceptors (Lipinski definition) is 4. The van der Waals surface area contributed by atoms with Crippen LogP contribution in [0.15, 0.2) is 29.3 Å². The molecule has 4 nitrogen and oxygen atoms in total. The summed E-state index contributed by atoms with van der Waals surface area (Å²) in [7, 11) is 2.03. The van der Waals surface area contributed by atoms with Gasteiger partial charge in [-0.1, -0.05) is 61.2 Å². The Morgan fingerprint density at radius 1 is 1.24 bits per heavy atom. The van der Waals surface area contributed by atoms with Gasteiger partial charge in [-0.2, -0.15) is 0 Å². The standard InChI is InChI=1S/C19H26ClN3OS/c1-23-13-12-21-19(23)25-17(14-8-10-15(20)11-9-14)18(24)22-16-6-4-2-3-5-7-16/h8-11,16-17H,2-7,12-13H2,1H3,(H,22,24). The Morgan fingerprint density at radius 3 is 2.52 bits per heavy atom. The number of benzene rings is 1. The number of nitrogens with zero attached hydrogens (tertiary/aromatic N) is 2. The van der Waals surface area contributed by atoms with Crippen LogP contribution in [0.25, 0.3) is 0 Å². The third-order valence-electron chi connectivity index (χ3n) is 4.84. The van der Waals surface area contributed by atoms with Crippen LogP contribution in [0.5, 0.6) is 0 Å². The third kappa shape index (κ3) is 5.14. The van der Waals surface area contributed by atoms with Crippen LogP contribution in [-0.4, -0.2) is 42.2 Å². The molecule has 1 N–H and O–H groups in total. The van der Waals surface area contributed by atoms with Crippen LogP contribution in [0.1, 0.15) is 49.3 Å². The minimum absolute atomic E-state index is 0.0854. The highest BCUT2D eigenvalue weighted by Crippen LogP contribution is 2.33. The van der Waals surface area contributed by atoms with E-state index in [1.54, 1.807) is 11.8 Å². The molecule has 1 aromatic carbocycles. The van der Waals surface area contributed by atoms with Gasteiger partial charge < -0.3 is 10.2 Å². The SMILES string of the molecule is CN1CCN=C1SC(C(=O)NC1CCCCCC1)c1ccc(Cl)cc1. The van der Waals surface area contributed by atoms with E-state index < -0.39 is 0 Å². The van der Waals surface area contributed by atoms with Crippen molar-refractivity contribution in [2.75, 3.05) is 20.1 Å². The predicted molar refractivity (Wildman–Crippen MR) is 106 cm³/mol. The van der Waals surface area contributed by atoms with Gasteiger partial charge in [0.1, 0.15) is 5.25 Å². The molecule has 2 aliphatic rings. The van der Waals surface area contributed by atoms with Gasteiger partial charge in [-0.05, 0) is 30.5 Å². The van der Waals surface area contributed by atoms with Crippen molar-refractivity contribution in [3.63, 3.8) is 0 Å². The molecular weight excluding hydrogens is 354 g/mol. The van der Waals surface area contributed by atoms with Gasteiger partial charge in [0.2, 0.25) is 5.91 Å². The number of halogens is 1. The number of thioether (sulfide) groups is 1. The van der Waals surface area contributed by atoms with Crippen LogP contribution in [-0.2, 0) is 4.79 Å². The molecule has 0 radical (unpaired) electrons. The number of amides is 1. The molecule has 0 spiro atoms.